The normalized spacial score (nSPS) is 17.6. The van der Waals surface area contributed by atoms with Gasteiger partial charge in [0, 0.05) is 47.9 Å². The molecule has 1 aromatic carbocycles. The van der Waals surface area contributed by atoms with Crippen LogP contribution >= 0.6 is 0 Å². The molecule has 0 saturated carbocycles. The van der Waals surface area contributed by atoms with Crippen molar-refractivity contribution in [1.82, 2.24) is 20.1 Å². The number of hydrogen-bond donors (Lipinski definition) is 1. The summed E-state index contributed by atoms with van der Waals surface area (Å²) in [6, 6.07) is 13.7. The van der Waals surface area contributed by atoms with E-state index in [1.807, 2.05) is 48.7 Å². The zero-order valence-corrected chi connectivity index (χ0v) is 16.0. The predicted octanol–water partition coefficient (Wildman–Crippen LogP) is 4.31. The van der Waals surface area contributed by atoms with E-state index in [-0.39, 0.29) is 11.7 Å². The van der Waals surface area contributed by atoms with E-state index in [4.69, 9.17) is 4.42 Å². The number of aromatic amines is 1. The van der Waals surface area contributed by atoms with E-state index in [1.54, 1.807) is 12.4 Å². The van der Waals surface area contributed by atoms with Gasteiger partial charge in [-0.05, 0) is 43.7 Å². The Balaban J connectivity index is 1.33. The number of furan rings is 1. The number of hydrogen-bond acceptors (Lipinski definition) is 5. The van der Waals surface area contributed by atoms with Crippen molar-refractivity contribution in [1.29, 1.82) is 0 Å². The van der Waals surface area contributed by atoms with Gasteiger partial charge in [-0.25, -0.2) is 0 Å². The molecule has 146 valence electrons. The highest BCUT2D eigenvalue weighted by molar-refractivity contribution is 5.97. The lowest BCUT2D eigenvalue weighted by Crippen LogP contribution is -2.38. The second-order valence-electron chi connectivity index (χ2n) is 7.60. The molecule has 4 aromatic rings. The summed E-state index contributed by atoms with van der Waals surface area (Å²) in [4.78, 5) is 19.3. The fraction of sp³-hybridized carbons (Fsp3) is 0.261. The first-order valence-corrected chi connectivity index (χ1v) is 9.96. The number of pyridine rings is 1. The van der Waals surface area contributed by atoms with Gasteiger partial charge in [0.05, 0.1) is 6.20 Å². The van der Waals surface area contributed by atoms with Crippen molar-refractivity contribution in [2.24, 2.45) is 5.92 Å². The number of fused-ring (bicyclic) bond motifs is 1. The number of carbonyl (C=O) groups excluding carboxylic acids is 1. The van der Waals surface area contributed by atoms with E-state index in [0.717, 1.165) is 60.5 Å². The van der Waals surface area contributed by atoms with Crippen molar-refractivity contribution < 1.29 is 9.21 Å². The van der Waals surface area contributed by atoms with Gasteiger partial charge in [-0.1, -0.05) is 18.2 Å². The first kappa shape index (κ1) is 17.8. The molecule has 6 nitrogen and oxygen atoms in total. The summed E-state index contributed by atoms with van der Waals surface area (Å²) in [7, 11) is 0. The average Bonchev–Trinajstić information content (AvgIpc) is 3.40. The van der Waals surface area contributed by atoms with E-state index in [1.165, 1.54) is 0 Å². The quantitative estimate of drug-likeness (QED) is 0.517. The number of rotatable bonds is 5. The van der Waals surface area contributed by atoms with Crippen LogP contribution in [0.15, 0.2) is 65.5 Å². The van der Waals surface area contributed by atoms with Crippen LogP contribution in [0.1, 0.15) is 28.8 Å². The van der Waals surface area contributed by atoms with E-state index in [0.29, 0.717) is 5.56 Å². The summed E-state index contributed by atoms with van der Waals surface area (Å²) in [5, 5.41) is 8.41. The Bertz CT molecular complexity index is 1100. The zero-order chi connectivity index (χ0) is 19.6. The van der Waals surface area contributed by atoms with Crippen molar-refractivity contribution in [2.75, 3.05) is 13.1 Å². The van der Waals surface area contributed by atoms with Crippen LogP contribution in [0.3, 0.4) is 0 Å². The Hall–Kier alpha value is -3.25. The van der Waals surface area contributed by atoms with Gasteiger partial charge in [0.25, 0.3) is 0 Å². The summed E-state index contributed by atoms with van der Waals surface area (Å²) in [6.45, 7) is 2.46. The van der Waals surface area contributed by atoms with Gasteiger partial charge in [-0.3, -0.25) is 19.8 Å². The van der Waals surface area contributed by atoms with Gasteiger partial charge >= 0.3 is 0 Å². The molecule has 1 aliphatic heterocycles. The van der Waals surface area contributed by atoms with Crippen LogP contribution in [0.2, 0.25) is 0 Å². The van der Waals surface area contributed by atoms with Crippen molar-refractivity contribution in [3.8, 4) is 11.5 Å². The first-order valence-electron chi connectivity index (χ1n) is 9.96. The summed E-state index contributed by atoms with van der Waals surface area (Å²) in [6.07, 6.45) is 7.15. The summed E-state index contributed by atoms with van der Waals surface area (Å²) >= 11 is 0. The van der Waals surface area contributed by atoms with Crippen LogP contribution in [0.5, 0.6) is 0 Å². The van der Waals surface area contributed by atoms with E-state index in [2.05, 4.69) is 20.1 Å². The molecule has 0 bridgehead atoms. The lowest BCUT2D eigenvalue weighted by atomic mass is 9.90. The molecule has 4 heterocycles. The minimum absolute atomic E-state index is 0.00880. The van der Waals surface area contributed by atoms with Crippen molar-refractivity contribution in [3.05, 3.63) is 72.2 Å². The fourth-order valence-corrected chi connectivity index (χ4v) is 4.15. The minimum Gasteiger partial charge on any atom is -0.454 e. The van der Waals surface area contributed by atoms with Gasteiger partial charge in [-0.2, -0.15) is 5.10 Å². The largest absolute Gasteiger partial charge is 0.454 e. The van der Waals surface area contributed by atoms with Gasteiger partial charge in [-0.15, -0.1) is 0 Å². The minimum atomic E-state index is 0.00880. The molecule has 5 rings (SSSR count). The van der Waals surface area contributed by atoms with Gasteiger partial charge in [0.15, 0.2) is 11.5 Å². The Morgan fingerprint density at radius 3 is 3.00 bits per heavy atom. The Kier molecular flexibility index (Phi) is 4.69. The molecule has 1 saturated heterocycles. The van der Waals surface area contributed by atoms with Crippen molar-refractivity contribution >= 4 is 16.8 Å². The molecule has 0 unspecified atom stereocenters. The highest BCUT2D eigenvalue weighted by Crippen LogP contribution is 2.30. The summed E-state index contributed by atoms with van der Waals surface area (Å²) < 4.78 is 6.01. The van der Waals surface area contributed by atoms with Crippen molar-refractivity contribution in [2.45, 2.75) is 19.4 Å². The molecular weight excluding hydrogens is 364 g/mol. The highest BCUT2D eigenvalue weighted by atomic mass is 16.3. The highest BCUT2D eigenvalue weighted by Gasteiger charge is 2.27. The fourth-order valence-electron chi connectivity index (χ4n) is 4.15. The monoisotopic (exact) mass is 386 g/mol. The molecule has 3 aromatic heterocycles. The second kappa shape index (κ2) is 7.64. The zero-order valence-electron chi connectivity index (χ0n) is 16.0. The number of Topliss-reactive ketones (excluding diaryl/α,β-unsaturated/α-hetero) is 1. The SMILES string of the molecule is O=C(c1cccnc1)[C@@H]1CCCN(Cc2cn[nH]c2-c2cc3ccccc3o2)C1. The molecule has 0 spiro atoms. The maximum atomic E-state index is 12.8. The van der Waals surface area contributed by atoms with Crippen LogP contribution in [0.4, 0.5) is 0 Å². The predicted molar refractivity (Wildman–Crippen MR) is 110 cm³/mol. The first-order chi connectivity index (χ1) is 14.3. The number of nitrogens with zero attached hydrogens (tertiary/aromatic N) is 3. The van der Waals surface area contributed by atoms with Crippen LogP contribution < -0.4 is 0 Å². The third-order valence-corrected chi connectivity index (χ3v) is 5.61. The van der Waals surface area contributed by atoms with Gasteiger partial charge in [0.1, 0.15) is 11.3 Å². The third kappa shape index (κ3) is 3.59. The van der Waals surface area contributed by atoms with Gasteiger partial charge < -0.3 is 4.42 Å². The Morgan fingerprint density at radius 2 is 2.14 bits per heavy atom. The number of aromatic nitrogens is 3. The average molecular weight is 386 g/mol. The van der Waals surface area contributed by atoms with Crippen LogP contribution in [0.25, 0.3) is 22.4 Å². The smallest absolute Gasteiger partial charge is 0.168 e. The summed E-state index contributed by atoms with van der Waals surface area (Å²) in [5.74, 6) is 0.987. The Labute approximate surface area is 168 Å². The number of para-hydroxylation sites is 1. The standard InChI is InChI=1S/C23H22N4O2/c28-23(17-6-3-9-24-12-17)18-7-4-10-27(14-18)15-19-13-25-26-22(19)21-11-16-5-1-2-8-20(16)29-21/h1-3,5-6,8-9,11-13,18H,4,7,10,14-15H2,(H,25,26)/t18-/m1/s1. The molecule has 0 aliphatic carbocycles. The van der Waals surface area contributed by atoms with Crippen molar-refractivity contribution in [3.63, 3.8) is 0 Å². The molecule has 6 heteroatoms. The number of piperidine rings is 1. The molecule has 1 atom stereocenters. The number of likely N-dealkylation sites (tertiary alicyclic amines) is 1. The number of ketones is 1. The molecule has 1 aliphatic rings. The second-order valence-corrected chi connectivity index (χ2v) is 7.60. The van der Waals surface area contributed by atoms with Gasteiger partial charge in [0.2, 0.25) is 0 Å². The molecule has 1 N–H and O–H groups in total. The number of carbonyl (C=O) groups is 1. The van der Waals surface area contributed by atoms with Crippen LogP contribution in [0, 0.1) is 5.92 Å². The van der Waals surface area contributed by atoms with E-state index in [9.17, 15) is 4.79 Å². The molecule has 1 fully saturated rings. The Morgan fingerprint density at radius 1 is 1.21 bits per heavy atom. The van der Waals surface area contributed by atoms with Crippen LogP contribution in [-0.4, -0.2) is 39.0 Å². The molecule has 0 amide bonds. The van der Waals surface area contributed by atoms with E-state index < -0.39 is 0 Å². The third-order valence-electron chi connectivity index (χ3n) is 5.61. The maximum Gasteiger partial charge on any atom is 0.168 e. The van der Waals surface area contributed by atoms with E-state index >= 15 is 0 Å². The topological polar surface area (TPSA) is 75.0 Å². The summed E-state index contributed by atoms with van der Waals surface area (Å²) in [5.41, 5.74) is 3.55. The molecule has 0 radical (unpaired) electrons. The number of nitrogens with one attached hydrogen (secondary N) is 1. The maximum absolute atomic E-state index is 12.8. The lowest BCUT2D eigenvalue weighted by Gasteiger charge is -2.31. The molecule has 29 heavy (non-hydrogen) atoms. The van der Waals surface area contributed by atoms with Crippen LogP contribution in [-0.2, 0) is 6.54 Å². The lowest BCUT2D eigenvalue weighted by molar-refractivity contribution is 0.0811. The number of H-pyrrole nitrogens is 1. The number of benzene rings is 1. The molecular formula is C23H22N4O2.